The minimum absolute atomic E-state index is 0.214. The molecule has 7 aromatic rings. The van der Waals surface area contributed by atoms with E-state index in [0.717, 1.165) is 49.2 Å². The summed E-state index contributed by atoms with van der Waals surface area (Å²) < 4.78 is 34.9. The number of rotatable bonds is 3. The lowest BCUT2D eigenvalue weighted by molar-refractivity contribution is 0.483. The quantitative estimate of drug-likeness (QED) is 0.251. The molecular weight excluding hydrogens is 432 g/mol. The highest BCUT2D eigenvalue weighted by molar-refractivity contribution is 6.22. The number of aromatic nitrogens is 2. The second-order valence-corrected chi connectivity index (χ2v) is 8.50. The van der Waals surface area contributed by atoms with Gasteiger partial charge in [0.15, 0.2) is 5.58 Å². The number of benzene rings is 4. The molecule has 0 aliphatic heterocycles. The smallest absolute Gasteiger partial charge is 0.154 e. The van der Waals surface area contributed by atoms with E-state index < -0.39 is 6.85 Å². The Morgan fingerprint density at radius 1 is 0.714 bits per heavy atom. The first kappa shape index (κ1) is 16.8. The van der Waals surface area contributed by atoms with Gasteiger partial charge in [-0.2, -0.15) is 0 Å². The van der Waals surface area contributed by atoms with Crippen LogP contribution >= 0.6 is 0 Å². The van der Waals surface area contributed by atoms with Crippen LogP contribution in [0.2, 0.25) is 0 Å². The summed E-state index contributed by atoms with van der Waals surface area (Å²) in [6.07, 6.45) is 3.19. The molecule has 0 unspecified atom stereocenters. The first-order valence-corrected chi connectivity index (χ1v) is 11.3. The highest BCUT2D eigenvalue weighted by Crippen LogP contribution is 2.37. The van der Waals surface area contributed by atoms with E-state index in [4.69, 9.17) is 18.3 Å². The van der Waals surface area contributed by atoms with Gasteiger partial charge in [-0.05, 0) is 54.2 Å². The van der Waals surface area contributed by atoms with Gasteiger partial charge in [0.25, 0.3) is 0 Å². The summed E-state index contributed by atoms with van der Waals surface area (Å²) in [4.78, 5) is 9.11. The summed E-state index contributed by atoms with van der Waals surface area (Å²) in [5.41, 5.74) is 4.22. The second kappa shape index (κ2) is 7.67. The van der Waals surface area contributed by atoms with Crippen molar-refractivity contribution in [2.45, 2.75) is 6.85 Å². The fourth-order valence-corrected chi connectivity index (χ4v) is 4.66. The molecule has 0 saturated carbocycles. The third-order valence-corrected chi connectivity index (χ3v) is 6.30. The van der Waals surface area contributed by atoms with E-state index in [2.05, 4.69) is 23.2 Å². The summed E-state index contributed by atoms with van der Waals surface area (Å²) in [6.45, 7) is -2.18. The standard InChI is InChI=1S/C31H20N2O2/c1-19-9-14-27(32-17-19)21-5-4-6-22(15-21)34-23-12-10-20-11-13-25-30-24-7-2-3-8-28(24)35-29(30)18-33-31(25)26(20)16-23/h2-18H,1H3/i1D3. The highest BCUT2D eigenvalue weighted by atomic mass is 16.5. The summed E-state index contributed by atoms with van der Waals surface area (Å²) in [5.74, 6) is 1.34. The van der Waals surface area contributed by atoms with Crippen LogP contribution < -0.4 is 4.74 Å². The van der Waals surface area contributed by atoms with Crippen LogP contribution in [-0.2, 0) is 0 Å². The average molecular weight is 456 g/mol. The number of hydrogen-bond acceptors (Lipinski definition) is 4. The Bertz CT molecular complexity index is 1990. The van der Waals surface area contributed by atoms with Crippen molar-refractivity contribution in [3.05, 3.63) is 109 Å². The normalized spacial score (nSPS) is 13.2. The Morgan fingerprint density at radius 3 is 2.54 bits per heavy atom. The molecule has 4 nitrogen and oxygen atoms in total. The van der Waals surface area contributed by atoms with Gasteiger partial charge in [-0.15, -0.1) is 0 Å². The SMILES string of the molecule is [2H]C([2H])([2H])c1ccc(-c2cccc(Oc3ccc4ccc5c(ncc6oc7ccccc7c65)c4c3)c2)nc1. The Morgan fingerprint density at radius 2 is 1.63 bits per heavy atom. The lowest BCUT2D eigenvalue weighted by Crippen LogP contribution is -1.88. The van der Waals surface area contributed by atoms with E-state index in [9.17, 15) is 0 Å². The Hall–Kier alpha value is -4.70. The molecule has 0 spiro atoms. The summed E-state index contributed by atoms with van der Waals surface area (Å²) >= 11 is 0. The van der Waals surface area contributed by atoms with Gasteiger partial charge in [0.05, 0.1) is 17.4 Å². The van der Waals surface area contributed by atoms with Crippen molar-refractivity contribution in [3.8, 4) is 22.8 Å². The molecule has 3 aromatic heterocycles. The van der Waals surface area contributed by atoms with Gasteiger partial charge in [-0.1, -0.05) is 54.6 Å². The Labute approximate surface area is 205 Å². The number of hydrogen-bond donors (Lipinski definition) is 0. The van der Waals surface area contributed by atoms with E-state index in [1.807, 2.05) is 60.7 Å². The number of pyridine rings is 2. The second-order valence-electron chi connectivity index (χ2n) is 8.50. The van der Waals surface area contributed by atoms with Crippen LogP contribution in [0, 0.1) is 6.85 Å². The molecule has 35 heavy (non-hydrogen) atoms. The summed E-state index contributed by atoms with van der Waals surface area (Å²) in [6, 6.07) is 29.1. The number of furan rings is 1. The molecule has 4 heteroatoms. The van der Waals surface area contributed by atoms with Gasteiger partial charge in [-0.25, -0.2) is 0 Å². The number of nitrogens with zero attached hydrogens (tertiary/aromatic N) is 2. The average Bonchev–Trinajstić information content (AvgIpc) is 3.32. The van der Waals surface area contributed by atoms with E-state index in [0.29, 0.717) is 17.2 Å². The summed E-state index contributed by atoms with van der Waals surface area (Å²) in [7, 11) is 0. The minimum Gasteiger partial charge on any atom is -0.457 e. The Balaban J connectivity index is 1.28. The molecule has 0 saturated heterocycles. The van der Waals surface area contributed by atoms with Crippen molar-refractivity contribution < 1.29 is 13.3 Å². The van der Waals surface area contributed by atoms with Crippen LogP contribution in [0.4, 0.5) is 0 Å². The lowest BCUT2D eigenvalue weighted by atomic mass is 10.0. The molecule has 0 amide bonds. The predicted octanol–water partition coefficient (Wildman–Crippen LogP) is 8.45. The van der Waals surface area contributed by atoms with Gasteiger partial charge >= 0.3 is 0 Å². The fraction of sp³-hybridized carbons (Fsp3) is 0.0323. The number of fused-ring (bicyclic) bond motifs is 7. The van der Waals surface area contributed by atoms with Crippen LogP contribution in [-0.4, -0.2) is 9.97 Å². The Kier molecular flexibility index (Phi) is 3.69. The maximum absolute atomic E-state index is 7.55. The maximum Gasteiger partial charge on any atom is 0.154 e. The van der Waals surface area contributed by atoms with Crippen molar-refractivity contribution in [1.29, 1.82) is 0 Å². The van der Waals surface area contributed by atoms with Gasteiger partial charge in [0, 0.05) is 37.4 Å². The van der Waals surface area contributed by atoms with E-state index in [-0.39, 0.29) is 5.56 Å². The molecule has 0 atom stereocenters. The van der Waals surface area contributed by atoms with E-state index in [1.165, 1.54) is 6.20 Å². The zero-order valence-electron chi connectivity index (χ0n) is 21.5. The molecule has 0 radical (unpaired) electrons. The van der Waals surface area contributed by atoms with E-state index in [1.54, 1.807) is 18.3 Å². The third kappa shape index (κ3) is 3.30. The third-order valence-electron chi connectivity index (χ3n) is 6.30. The molecule has 7 rings (SSSR count). The van der Waals surface area contributed by atoms with Crippen molar-refractivity contribution in [1.82, 2.24) is 9.97 Å². The molecular formula is C31H20N2O2. The first-order chi connectivity index (χ1) is 18.4. The first-order valence-electron chi connectivity index (χ1n) is 12.8. The largest absolute Gasteiger partial charge is 0.457 e. The zero-order valence-corrected chi connectivity index (χ0v) is 18.5. The van der Waals surface area contributed by atoms with Crippen molar-refractivity contribution in [3.63, 3.8) is 0 Å². The van der Waals surface area contributed by atoms with Gasteiger partial charge in [0.1, 0.15) is 17.1 Å². The molecule has 0 N–H and O–H groups in total. The van der Waals surface area contributed by atoms with Crippen molar-refractivity contribution >= 4 is 43.6 Å². The maximum atomic E-state index is 7.55. The molecule has 3 heterocycles. The number of aryl methyl sites for hydroxylation is 1. The number of para-hydroxylation sites is 1. The van der Waals surface area contributed by atoms with E-state index >= 15 is 0 Å². The van der Waals surface area contributed by atoms with Gasteiger partial charge in [0.2, 0.25) is 0 Å². The lowest BCUT2D eigenvalue weighted by Gasteiger charge is -2.10. The van der Waals surface area contributed by atoms with Crippen LogP contribution in [0.3, 0.4) is 0 Å². The van der Waals surface area contributed by atoms with Crippen LogP contribution in [0.15, 0.2) is 108 Å². The minimum atomic E-state index is -2.18. The zero-order chi connectivity index (χ0) is 25.9. The molecule has 4 aromatic carbocycles. The fourth-order valence-electron chi connectivity index (χ4n) is 4.66. The van der Waals surface area contributed by atoms with Crippen molar-refractivity contribution in [2.24, 2.45) is 0 Å². The van der Waals surface area contributed by atoms with Crippen LogP contribution in [0.1, 0.15) is 9.68 Å². The van der Waals surface area contributed by atoms with Crippen LogP contribution in [0.5, 0.6) is 11.5 Å². The predicted molar refractivity (Wildman–Crippen MR) is 141 cm³/mol. The number of ether oxygens (including phenoxy) is 1. The molecule has 0 aliphatic carbocycles. The molecule has 0 bridgehead atoms. The molecule has 166 valence electrons. The van der Waals surface area contributed by atoms with Crippen LogP contribution in [0.25, 0.3) is 54.9 Å². The highest BCUT2D eigenvalue weighted by Gasteiger charge is 2.13. The monoisotopic (exact) mass is 455 g/mol. The van der Waals surface area contributed by atoms with Gasteiger partial charge in [-0.3, -0.25) is 9.97 Å². The van der Waals surface area contributed by atoms with Gasteiger partial charge < -0.3 is 9.15 Å². The topological polar surface area (TPSA) is 48.2 Å². The molecule has 0 fully saturated rings. The molecule has 0 aliphatic rings. The summed E-state index contributed by atoms with van der Waals surface area (Å²) in [5, 5.41) is 5.22. The van der Waals surface area contributed by atoms with Crippen molar-refractivity contribution in [2.75, 3.05) is 0 Å².